The number of carboxylic acids is 1. The number of hydrogen-bond acceptors (Lipinski definition) is 7. The summed E-state index contributed by atoms with van der Waals surface area (Å²) in [6.45, 7) is 16.4. The summed E-state index contributed by atoms with van der Waals surface area (Å²) >= 11 is 0. The Morgan fingerprint density at radius 2 is 1.29 bits per heavy atom. The van der Waals surface area contributed by atoms with Crippen LogP contribution in [0.1, 0.15) is 149 Å². The van der Waals surface area contributed by atoms with E-state index in [4.69, 9.17) is 22.3 Å². The molecule has 2 aliphatic heterocycles. The highest BCUT2D eigenvalue weighted by Gasteiger charge is 2.71. The van der Waals surface area contributed by atoms with Gasteiger partial charge in [0.15, 0.2) is 0 Å². The number of piperidine rings is 1. The van der Waals surface area contributed by atoms with Gasteiger partial charge < -0.3 is 25.0 Å². The van der Waals surface area contributed by atoms with Gasteiger partial charge in [0.05, 0.1) is 18.3 Å². The highest BCUT2D eigenvalue weighted by Crippen LogP contribution is 2.75. The Hall–Kier alpha value is -2.64. The zero-order valence-electron chi connectivity index (χ0n) is 38.5. The van der Waals surface area contributed by atoms with Gasteiger partial charge in [-0.3, -0.25) is 13.9 Å². The lowest BCUT2D eigenvalue weighted by Crippen LogP contribution is -2.67. The predicted octanol–water partition coefficient (Wildman–Crippen LogP) is 9.97. The number of hydrogen-bond donors (Lipinski definition) is 5. The van der Waals surface area contributed by atoms with Crippen LogP contribution in [0.5, 0.6) is 0 Å². The number of carbonyl (C=O) groups is 1. The van der Waals surface area contributed by atoms with Gasteiger partial charge in [-0.25, -0.2) is 0 Å². The van der Waals surface area contributed by atoms with Crippen molar-refractivity contribution in [1.29, 1.82) is 0 Å². The number of carboxylic acid groups (broad SMARTS) is 1. The minimum atomic E-state index is -4.67. The topological polar surface area (TPSA) is 165 Å². The molecule has 4 saturated carbocycles. The molecule has 6 fully saturated rings. The summed E-state index contributed by atoms with van der Waals surface area (Å²) in [5.41, 5.74) is 2.80. The van der Waals surface area contributed by atoms with Crippen molar-refractivity contribution >= 4 is 16.4 Å². The first-order valence-corrected chi connectivity index (χ1v) is 24.7. The Bertz CT molecular complexity index is 2000. The van der Waals surface area contributed by atoms with Gasteiger partial charge in [0.1, 0.15) is 11.5 Å². The second-order valence-corrected chi connectivity index (χ2v) is 23.5. The second-order valence-electron chi connectivity index (χ2n) is 22.6. The summed E-state index contributed by atoms with van der Waals surface area (Å²) in [6.07, 6.45) is 14.8. The van der Waals surface area contributed by atoms with Gasteiger partial charge in [-0.15, -0.1) is 0 Å². The molecule has 344 valence electrons. The van der Waals surface area contributed by atoms with Crippen LogP contribution in [0, 0.1) is 50.2 Å². The molecule has 62 heavy (non-hydrogen) atoms. The van der Waals surface area contributed by atoms with E-state index in [0.29, 0.717) is 42.9 Å². The van der Waals surface area contributed by atoms with E-state index in [9.17, 15) is 20.1 Å². The van der Waals surface area contributed by atoms with Gasteiger partial charge in [0, 0.05) is 12.1 Å². The summed E-state index contributed by atoms with van der Waals surface area (Å²) in [6, 6.07) is 22.7. The minimum absolute atomic E-state index is 0.0218. The van der Waals surface area contributed by atoms with E-state index in [0.717, 1.165) is 44.9 Å². The molecule has 11 heteroatoms. The molecule has 2 aromatic rings. The first kappa shape index (κ1) is 47.3. The Morgan fingerprint density at radius 3 is 1.82 bits per heavy atom. The Kier molecular flexibility index (Phi) is 13.0. The van der Waals surface area contributed by atoms with E-state index < -0.39 is 27.9 Å². The number of rotatable bonds is 5. The summed E-state index contributed by atoms with van der Waals surface area (Å²) < 4.78 is 38.2. The fraction of sp³-hybridized carbons (Fsp3) is 0.706. The average molecular weight is 878 g/mol. The Morgan fingerprint density at radius 1 is 0.742 bits per heavy atom. The van der Waals surface area contributed by atoms with Crippen molar-refractivity contribution in [3.63, 3.8) is 0 Å². The van der Waals surface area contributed by atoms with Crippen LogP contribution in [0.25, 0.3) is 0 Å². The number of aliphatic carboxylic acids is 1. The molecule has 10 nitrogen and oxygen atoms in total. The number of ether oxygens (including phenoxy) is 1. The smallest absolute Gasteiger partial charge is 0.394 e. The number of benzene rings is 2. The summed E-state index contributed by atoms with van der Waals surface area (Å²) in [4.78, 5) is 15.4. The molecule has 0 radical (unpaired) electrons. The first-order chi connectivity index (χ1) is 28.9. The molecular formula is C51H75NO9S. The molecule has 11 atom stereocenters. The molecule has 2 heterocycles. The van der Waals surface area contributed by atoms with Crippen molar-refractivity contribution < 1.29 is 42.4 Å². The van der Waals surface area contributed by atoms with Crippen LogP contribution in [0.3, 0.4) is 0 Å². The molecule has 5 N–H and O–H groups in total. The first-order valence-electron chi connectivity index (χ1n) is 23.3. The maximum absolute atomic E-state index is 12.8. The lowest BCUT2D eigenvalue weighted by molar-refractivity contribution is -0.218. The lowest BCUT2D eigenvalue weighted by atomic mass is 9.33. The standard InChI is InChI=1S/C30H48O4.C21H25NO.H2O4S/c1-25(2)14-15-30(24(33)34)19(16-25)18-8-9-21-27(5)12-11-22(31)26(3,4)20(27)10-13-28(21,6)29(18,7)17-23(30)32;1-22-18-12-13-19(22)15-20(14-18)23-21(16-8-4-2-5-9-16)17-10-6-3-7-11-17;1-5(2,3)4/h8,19-23,31-32H,9-17H2,1-7H3,(H,33,34);2-11,18-21H,12-15H2,1H3;(H2,1,2,3,4). The highest BCUT2D eigenvalue weighted by molar-refractivity contribution is 7.79. The van der Waals surface area contributed by atoms with Crippen molar-refractivity contribution in [3.05, 3.63) is 83.4 Å². The van der Waals surface area contributed by atoms with Crippen molar-refractivity contribution in [2.45, 2.75) is 168 Å². The number of aliphatic hydroxyl groups is 2. The lowest BCUT2D eigenvalue weighted by Gasteiger charge is -2.71. The largest absolute Gasteiger partial charge is 0.481 e. The van der Waals surface area contributed by atoms with Crippen LogP contribution in [-0.4, -0.2) is 81.2 Å². The maximum Gasteiger partial charge on any atom is 0.394 e. The van der Waals surface area contributed by atoms with Gasteiger partial charge >= 0.3 is 16.4 Å². The third-order valence-corrected chi connectivity index (χ3v) is 18.6. The molecule has 11 unspecified atom stereocenters. The summed E-state index contributed by atoms with van der Waals surface area (Å²) in [5, 5.41) is 33.1. The molecule has 2 saturated heterocycles. The predicted molar refractivity (Wildman–Crippen MR) is 242 cm³/mol. The Balaban J connectivity index is 0.000000178. The van der Waals surface area contributed by atoms with Gasteiger partial charge in [0.2, 0.25) is 0 Å². The normalized spacial score (nSPS) is 40.4. The van der Waals surface area contributed by atoms with E-state index in [1.54, 1.807) is 0 Å². The number of allylic oxidation sites excluding steroid dienone is 2. The van der Waals surface area contributed by atoms with E-state index in [-0.39, 0.29) is 45.2 Å². The van der Waals surface area contributed by atoms with Gasteiger partial charge in [-0.05, 0) is 146 Å². The minimum Gasteiger partial charge on any atom is -0.481 e. The molecule has 0 aromatic heterocycles. The summed E-state index contributed by atoms with van der Waals surface area (Å²) in [5.74, 6) is 0.0888. The molecule has 0 amide bonds. The zero-order chi connectivity index (χ0) is 45.3. The van der Waals surface area contributed by atoms with E-state index in [1.807, 2.05) is 0 Å². The summed E-state index contributed by atoms with van der Waals surface area (Å²) in [7, 11) is -2.38. The van der Waals surface area contributed by atoms with Crippen molar-refractivity contribution in [2.75, 3.05) is 7.05 Å². The third-order valence-electron chi connectivity index (χ3n) is 18.6. The molecule has 2 aromatic carbocycles. The van der Waals surface area contributed by atoms with Crippen LogP contribution < -0.4 is 0 Å². The monoisotopic (exact) mass is 878 g/mol. The number of aliphatic hydroxyl groups excluding tert-OH is 2. The fourth-order valence-electron chi connectivity index (χ4n) is 15.0. The molecule has 7 aliphatic rings. The molecule has 5 aliphatic carbocycles. The third kappa shape index (κ3) is 8.39. The van der Waals surface area contributed by atoms with Crippen molar-refractivity contribution in [1.82, 2.24) is 4.90 Å². The SMILES string of the molecule is CC1(C)CCC2(C(=O)O)C(O)CC3(C)C(=CCC4C5(C)CCC(O)C(C)(C)C5CCC43C)C2C1.CN1C2CCC1CC(OC(c1ccccc1)c1ccccc1)C2.O=S(=O)(O)O. The number of fused-ring (bicyclic) bond motifs is 9. The van der Waals surface area contributed by atoms with Gasteiger partial charge in [-0.2, -0.15) is 8.42 Å². The molecule has 2 bridgehead atoms. The van der Waals surface area contributed by atoms with Gasteiger partial charge in [0.25, 0.3) is 0 Å². The zero-order valence-corrected chi connectivity index (χ0v) is 39.3. The van der Waals surface area contributed by atoms with Crippen LogP contribution in [-0.2, 0) is 19.9 Å². The maximum atomic E-state index is 12.8. The second kappa shape index (κ2) is 17.0. The van der Waals surface area contributed by atoms with Crippen LogP contribution in [0.4, 0.5) is 0 Å². The van der Waals surface area contributed by atoms with E-state index in [2.05, 4.69) is 127 Å². The van der Waals surface area contributed by atoms with Crippen LogP contribution in [0.15, 0.2) is 72.3 Å². The van der Waals surface area contributed by atoms with Crippen molar-refractivity contribution in [3.8, 4) is 0 Å². The molecular weight excluding hydrogens is 803 g/mol. The van der Waals surface area contributed by atoms with Gasteiger partial charge in [-0.1, -0.05) is 121 Å². The van der Waals surface area contributed by atoms with Crippen LogP contribution >= 0.6 is 0 Å². The fourth-order valence-corrected chi connectivity index (χ4v) is 15.0. The molecule has 0 spiro atoms. The quantitative estimate of drug-likeness (QED) is 0.144. The Labute approximate surface area is 371 Å². The average Bonchev–Trinajstić information content (AvgIpc) is 3.38. The van der Waals surface area contributed by atoms with Crippen LogP contribution in [0.2, 0.25) is 0 Å². The van der Waals surface area contributed by atoms with Crippen molar-refractivity contribution in [2.24, 2.45) is 50.2 Å². The molecule has 9 rings (SSSR count). The van der Waals surface area contributed by atoms with E-state index >= 15 is 0 Å². The number of nitrogens with zero attached hydrogens (tertiary/aromatic N) is 1. The van der Waals surface area contributed by atoms with E-state index in [1.165, 1.54) is 42.4 Å². The highest BCUT2D eigenvalue weighted by atomic mass is 32.3.